The molecule has 0 fully saturated rings. The summed E-state index contributed by atoms with van der Waals surface area (Å²) in [5, 5.41) is 0. The van der Waals surface area contributed by atoms with Gasteiger partial charge in [-0.15, -0.1) is 0 Å². The molecule has 1 atom stereocenters. The van der Waals surface area contributed by atoms with E-state index in [1.807, 2.05) is 24.3 Å². The molecule has 180 valence electrons. The number of fused-ring (bicyclic) bond motifs is 1. The minimum Gasteiger partial charge on any atom is -0.496 e. The van der Waals surface area contributed by atoms with Gasteiger partial charge in [-0.3, -0.25) is 14.2 Å². The van der Waals surface area contributed by atoms with Crippen molar-refractivity contribution >= 4 is 29.4 Å². The SMILES string of the molecule is CCOC(=O)C1=C(C)N=c2sc(=Cc3ccccc3OC)c(=O)n2C1c1ccc(OC(C)=O)cc1. The summed E-state index contributed by atoms with van der Waals surface area (Å²) in [4.78, 5) is 42.9. The molecule has 0 bridgehead atoms. The molecule has 0 radical (unpaired) electrons. The lowest BCUT2D eigenvalue weighted by Crippen LogP contribution is -2.39. The van der Waals surface area contributed by atoms with Gasteiger partial charge in [-0.05, 0) is 43.7 Å². The zero-order valence-electron chi connectivity index (χ0n) is 19.7. The second kappa shape index (κ2) is 10.1. The number of thiazole rings is 1. The fraction of sp³-hybridized carbons (Fsp3) is 0.231. The van der Waals surface area contributed by atoms with Gasteiger partial charge < -0.3 is 14.2 Å². The first-order valence-electron chi connectivity index (χ1n) is 10.9. The van der Waals surface area contributed by atoms with Crippen LogP contribution in [0.15, 0.2) is 69.6 Å². The predicted molar refractivity (Wildman–Crippen MR) is 131 cm³/mol. The third-order valence-corrected chi connectivity index (χ3v) is 6.38. The van der Waals surface area contributed by atoms with E-state index in [1.54, 1.807) is 51.3 Å². The number of allylic oxidation sites excluding steroid dienone is 1. The fourth-order valence-electron chi connectivity index (χ4n) is 3.92. The number of ether oxygens (including phenoxy) is 3. The van der Waals surface area contributed by atoms with Gasteiger partial charge in [0.25, 0.3) is 5.56 Å². The van der Waals surface area contributed by atoms with Crippen LogP contribution in [0, 0.1) is 0 Å². The predicted octanol–water partition coefficient (Wildman–Crippen LogP) is 2.73. The van der Waals surface area contributed by atoms with Crippen molar-refractivity contribution in [1.29, 1.82) is 0 Å². The molecule has 0 spiro atoms. The maximum Gasteiger partial charge on any atom is 0.338 e. The maximum absolute atomic E-state index is 13.6. The highest BCUT2D eigenvalue weighted by Gasteiger charge is 2.33. The van der Waals surface area contributed by atoms with Gasteiger partial charge in [0.1, 0.15) is 11.5 Å². The van der Waals surface area contributed by atoms with E-state index in [1.165, 1.54) is 22.8 Å². The van der Waals surface area contributed by atoms with E-state index < -0.39 is 18.0 Å². The highest BCUT2D eigenvalue weighted by Crippen LogP contribution is 2.31. The van der Waals surface area contributed by atoms with E-state index in [-0.39, 0.29) is 17.7 Å². The van der Waals surface area contributed by atoms with Crippen molar-refractivity contribution in [1.82, 2.24) is 4.57 Å². The summed E-state index contributed by atoms with van der Waals surface area (Å²) in [5.74, 6) is 0.0226. The average molecular weight is 493 g/mol. The molecular formula is C26H24N2O6S. The quantitative estimate of drug-likeness (QED) is 0.388. The van der Waals surface area contributed by atoms with Crippen LogP contribution >= 0.6 is 11.3 Å². The van der Waals surface area contributed by atoms with Crippen molar-refractivity contribution in [2.24, 2.45) is 4.99 Å². The minimum atomic E-state index is -0.753. The van der Waals surface area contributed by atoms with Crippen molar-refractivity contribution in [2.45, 2.75) is 26.8 Å². The molecule has 2 aromatic carbocycles. The number of benzene rings is 2. The molecule has 35 heavy (non-hydrogen) atoms. The van der Waals surface area contributed by atoms with Crippen LogP contribution in [0.1, 0.15) is 37.9 Å². The van der Waals surface area contributed by atoms with Gasteiger partial charge in [0.15, 0.2) is 4.80 Å². The van der Waals surface area contributed by atoms with Crippen molar-refractivity contribution in [3.05, 3.63) is 90.6 Å². The van der Waals surface area contributed by atoms with Crippen LogP contribution in [-0.4, -0.2) is 30.2 Å². The Hall–Kier alpha value is -3.98. The summed E-state index contributed by atoms with van der Waals surface area (Å²) >= 11 is 1.23. The number of carbonyl (C=O) groups is 2. The maximum atomic E-state index is 13.6. The van der Waals surface area contributed by atoms with Crippen LogP contribution in [0.25, 0.3) is 6.08 Å². The van der Waals surface area contributed by atoms with Gasteiger partial charge in [-0.1, -0.05) is 41.7 Å². The lowest BCUT2D eigenvalue weighted by molar-refractivity contribution is -0.139. The lowest BCUT2D eigenvalue weighted by Gasteiger charge is -2.24. The number of para-hydroxylation sites is 1. The highest BCUT2D eigenvalue weighted by atomic mass is 32.1. The molecule has 0 saturated carbocycles. The number of hydrogen-bond donors (Lipinski definition) is 0. The number of hydrogen-bond acceptors (Lipinski definition) is 8. The van der Waals surface area contributed by atoms with Crippen molar-refractivity contribution in [3.8, 4) is 11.5 Å². The molecule has 3 aromatic rings. The Labute approximate surface area is 205 Å². The molecule has 1 aromatic heterocycles. The molecule has 0 amide bonds. The smallest absolute Gasteiger partial charge is 0.338 e. The van der Waals surface area contributed by atoms with Gasteiger partial charge in [0, 0.05) is 12.5 Å². The average Bonchev–Trinajstić information content (AvgIpc) is 3.13. The van der Waals surface area contributed by atoms with E-state index in [0.29, 0.717) is 32.1 Å². The fourth-order valence-corrected chi connectivity index (χ4v) is 4.96. The van der Waals surface area contributed by atoms with E-state index in [0.717, 1.165) is 5.56 Å². The lowest BCUT2D eigenvalue weighted by atomic mass is 9.96. The number of aromatic nitrogens is 1. The van der Waals surface area contributed by atoms with Gasteiger partial charge in [-0.2, -0.15) is 0 Å². The zero-order chi connectivity index (χ0) is 25.1. The van der Waals surface area contributed by atoms with E-state index in [2.05, 4.69) is 4.99 Å². The summed E-state index contributed by atoms with van der Waals surface area (Å²) in [6, 6.07) is 13.3. The summed E-state index contributed by atoms with van der Waals surface area (Å²) < 4.78 is 17.8. The van der Waals surface area contributed by atoms with Gasteiger partial charge in [0.2, 0.25) is 0 Å². The Balaban J connectivity index is 1.92. The van der Waals surface area contributed by atoms with Crippen molar-refractivity contribution < 1.29 is 23.8 Å². The van der Waals surface area contributed by atoms with Gasteiger partial charge >= 0.3 is 11.9 Å². The van der Waals surface area contributed by atoms with E-state index in [9.17, 15) is 14.4 Å². The van der Waals surface area contributed by atoms with Crippen LogP contribution in [0.4, 0.5) is 0 Å². The Morgan fingerprint density at radius 1 is 1.14 bits per heavy atom. The standard InChI is InChI=1S/C26H24N2O6S/c1-5-33-25(31)22-15(2)27-26-28(23(22)17-10-12-19(13-11-17)34-16(3)29)24(30)21(35-26)14-18-8-6-7-9-20(18)32-4/h6-14,23H,5H2,1-4H3. The molecule has 2 heterocycles. The molecular weight excluding hydrogens is 468 g/mol. The van der Waals surface area contributed by atoms with Crippen molar-refractivity contribution in [2.75, 3.05) is 13.7 Å². The molecule has 8 nitrogen and oxygen atoms in total. The number of nitrogens with zero attached hydrogens (tertiary/aromatic N) is 2. The van der Waals surface area contributed by atoms with Crippen LogP contribution in [0.2, 0.25) is 0 Å². The molecule has 1 aliphatic heterocycles. The molecule has 0 aliphatic carbocycles. The Morgan fingerprint density at radius 2 is 1.86 bits per heavy atom. The summed E-state index contributed by atoms with van der Waals surface area (Å²) in [7, 11) is 1.57. The summed E-state index contributed by atoms with van der Waals surface area (Å²) in [6.45, 7) is 4.95. The Morgan fingerprint density at radius 3 is 2.51 bits per heavy atom. The number of methoxy groups -OCH3 is 1. The second-order valence-corrected chi connectivity index (χ2v) is 8.72. The first-order valence-corrected chi connectivity index (χ1v) is 11.8. The molecule has 1 unspecified atom stereocenters. The Bertz CT molecular complexity index is 1500. The normalized spacial score (nSPS) is 15.3. The topological polar surface area (TPSA) is 96.2 Å². The number of rotatable bonds is 6. The number of carbonyl (C=O) groups excluding carboxylic acids is 2. The molecule has 9 heteroatoms. The first-order chi connectivity index (χ1) is 16.8. The molecule has 1 aliphatic rings. The summed E-state index contributed by atoms with van der Waals surface area (Å²) in [5.41, 5.74) is 1.88. The monoisotopic (exact) mass is 492 g/mol. The van der Waals surface area contributed by atoms with Gasteiger partial charge in [0.05, 0.1) is 35.6 Å². The first kappa shape index (κ1) is 24.2. The third-order valence-electron chi connectivity index (χ3n) is 5.40. The third kappa shape index (κ3) is 4.81. The highest BCUT2D eigenvalue weighted by molar-refractivity contribution is 7.07. The van der Waals surface area contributed by atoms with Crippen LogP contribution in [0.5, 0.6) is 11.5 Å². The van der Waals surface area contributed by atoms with E-state index in [4.69, 9.17) is 14.2 Å². The van der Waals surface area contributed by atoms with Crippen molar-refractivity contribution in [3.63, 3.8) is 0 Å². The molecule has 0 saturated heterocycles. The van der Waals surface area contributed by atoms with Crippen LogP contribution < -0.4 is 24.4 Å². The Kier molecular flexibility index (Phi) is 6.97. The minimum absolute atomic E-state index is 0.186. The number of esters is 2. The molecule has 4 rings (SSSR count). The molecule has 0 N–H and O–H groups in total. The van der Waals surface area contributed by atoms with Crippen LogP contribution in [-0.2, 0) is 14.3 Å². The zero-order valence-corrected chi connectivity index (χ0v) is 20.5. The van der Waals surface area contributed by atoms with Gasteiger partial charge in [-0.25, -0.2) is 9.79 Å². The largest absolute Gasteiger partial charge is 0.496 e. The van der Waals surface area contributed by atoms with E-state index >= 15 is 0 Å². The van der Waals surface area contributed by atoms with Crippen LogP contribution in [0.3, 0.4) is 0 Å². The summed E-state index contributed by atoms with van der Waals surface area (Å²) in [6.07, 6.45) is 1.76. The second-order valence-electron chi connectivity index (χ2n) is 7.71.